The third-order valence-electron chi connectivity index (χ3n) is 4.15. The van der Waals surface area contributed by atoms with Gasteiger partial charge in [0.1, 0.15) is 0 Å². The van der Waals surface area contributed by atoms with Crippen LogP contribution in [-0.4, -0.2) is 19.0 Å². The number of hydrogen-bond donors (Lipinski definition) is 2. The summed E-state index contributed by atoms with van der Waals surface area (Å²) >= 11 is 0. The molecule has 2 aromatic carbocycles. The fourth-order valence-corrected chi connectivity index (χ4v) is 2.76. The van der Waals surface area contributed by atoms with Gasteiger partial charge in [-0.3, -0.25) is 4.79 Å². The molecule has 0 unspecified atom stereocenters. The van der Waals surface area contributed by atoms with Gasteiger partial charge in [0, 0.05) is 12.2 Å². The Hall–Kier alpha value is -2.29. The van der Waals surface area contributed by atoms with Gasteiger partial charge in [-0.05, 0) is 41.5 Å². The lowest BCUT2D eigenvalue weighted by molar-refractivity contribution is -0.119. The summed E-state index contributed by atoms with van der Waals surface area (Å²) in [4.78, 5) is 12.1. The highest BCUT2D eigenvalue weighted by molar-refractivity contribution is 5.81. The largest absolute Gasteiger partial charge is 0.376 e. The minimum atomic E-state index is 0.0206. The average molecular weight is 324 g/mol. The first-order valence-corrected chi connectivity index (χ1v) is 8.52. The summed E-state index contributed by atoms with van der Waals surface area (Å²) in [6, 6.07) is 16.5. The van der Waals surface area contributed by atoms with Crippen LogP contribution in [0.2, 0.25) is 0 Å². The Labute approximate surface area is 145 Å². The van der Waals surface area contributed by atoms with Crippen LogP contribution in [0.25, 0.3) is 0 Å². The first kappa shape index (κ1) is 18.1. The smallest absolute Gasteiger partial charge is 0.239 e. The first-order chi connectivity index (χ1) is 11.4. The van der Waals surface area contributed by atoms with E-state index in [-0.39, 0.29) is 11.3 Å². The summed E-state index contributed by atoms with van der Waals surface area (Å²) in [6.07, 6.45) is 0.858. The van der Waals surface area contributed by atoms with Gasteiger partial charge >= 0.3 is 0 Å². The number of hydrogen-bond acceptors (Lipinski definition) is 2. The van der Waals surface area contributed by atoms with Crippen molar-refractivity contribution in [2.75, 3.05) is 18.4 Å². The third-order valence-corrected chi connectivity index (χ3v) is 4.15. The molecule has 0 aromatic heterocycles. The normalized spacial score (nSPS) is 11.2. The molecular formula is C21H28N2O. The van der Waals surface area contributed by atoms with Crippen LogP contribution in [0.15, 0.2) is 48.5 Å². The van der Waals surface area contributed by atoms with Crippen molar-refractivity contribution in [1.29, 1.82) is 0 Å². The Bertz CT molecular complexity index is 686. The second kappa shape index (κ2) is 8.00. The molecule has 0 aliphatic carbocycles. The van der Waals surface area contributed by atoms with E-state index in [2.05, 4.69) is 56.5 Å². The molecule has 2 rings (SSSR count). The zero-order valence-corrected chi connectivity index (χ0v) is 15.1. The van der Waals surface area contributed by atoms with E-state index in [9.17, 15) is 4.79 Å². The zero-order chi connectivity index (χ0) is 17.6. The molecule has 128 valence electrons. The summed E-state index contributed by atoms with van der Waals surface area (Å²) < 4.78 is 0. The van der Waals surface area contributed by atoms with Crippen molar-refractivity contribution in [1.82, 2.24) is 5.32 Å². The summed E-state index contributed by atoms with van der Waals surface area (Å²) in [5.41, 5.74) is 4.84. The topological polar surface area (TPSA) is 41.1 Å². The fourth-order valence-electron chi connectivity index (χ4n) is 2.76. The maximum atomic E-state index is 12.1. The number of rotatable bonds is 6. The third kappa shape index (κ3) is 5.12. The second-order valence-corrected chi connectivity index (χ2v) is 7.18. The molecule has 2 N–H and O–H groups in total. The lowest BCUT2D eigenvalue weighted by Crippen LogP contribution is -2.32. The van der Waals surface area contributed by atoms with Gasteiger partial charge in [0.15, 0.2) is 0 Å². The van der Waals surface area contributed by atoms with Crippen LogP contribution in [0.5, 0.6) is 0 Å². The predicted octanol–water partition coefficient (Wildman–Crippen LogP) is 4.06. The van der Waals surface area contributed by atoms with Crippen molar-refractivity contribution in [2.45, 2.75) is 39.5 Å². The van der Waals surface area contributed by atoms with E-state index in [1.807, 2.05) is 30.3 Å². The van der Waals surface area contributed by atoms with E-state index in [1.54, 1.807) is 0 Å². The van der Waals surface area contributed by atoms with Gasteiger partial charge in [-0.15, -0.1) is 0 Å². The summed E-state index contributed by atoms with van der Waals surface area (Å²) in [7, 11) is 0. The van der Waals surface area contributed by atoms with Crippen LogP contribution in [0, 0.1) is 6.92 Å². The maximum absolute atomic E-state index is 12.1. The molecular weight excluding hydrogens is 296 g/mol. The Morgan fingerprint density at radius 2 is 1.67 bits per heavy atom. The maximum Gasteiger partial charge on any atom is 0.239 e. The second-order valence-electron chi connectivity index (χ2n) is 7.18. The van der Waals surface area contributed by atoms with Crippen LogP contribution in [0.4, 0.5) is 5.69 Å². The number of carbonyl (C=O) groups excluding carboxylic acids is 1. The molecule has 0 aliphatic rings. The number of anilines is 1. The molecule has 2 aromatic rings. The minimum Gasteiger partial charge on any atom is -0.376 e. The van der Waals surface area contributed by atoms with Crippen molar-refractivity contribution in [3.8, 4) is 0 Å². The van der Waals surface area contributed by atoms with E-state index in [0.29, 0.717) is 13.1 Å². The highest BCUT2D eigenvalue weighted by atomic mass is 16.1. The highest BCUT2D eigenvalue weighted by Gasteiger charge is 2.17. The van der Waals surface area contributed by atoms with Gasteiger partial charge in [0.2, 0.25) is 5.91 Å². The van der Waals surface area contributed by atoms with E-state index in [4.69, 9.17) is 0 Å². The molecule has 3 heteroatoms. The number of para-hydroxylation sites is 1. The summed E-state index contributed by atoms with van der Waals surface area (Å²) in [6.45, 7) is 9.58. The van der Waals surface area contributed by atoms with Gasteiger partial charge < -0.3 is 10.6 Å². The lowest BCUT2D eigenvalue weighted by atomic mass is 9.86. The summed E-state index contributed by atoms with van der Waals surface area (Å²) in [5, 5.41) is 6.25. The van der Waals surface area contributed by atoms with Crippen molar-refractivity contribution in [3.05, 3.63) is 65.2 Å². The fraction of sp³-hybridized carbons (Fsp3) is 0.381. The average Bonchev–Trinajstić information content (AvgIpc) is 2.54. The van der Waals surface area contributed by atoms with E-state index >= 15 is 0 Å². The standard InChI is InChI=1S/C21H28N2O/c1-16-9-5-6-10-17(16)13-14-22-20(24)15-23-19-12-8-7-11-18(19)21(2,3)4/h5-12,23H,13-15H2,1-4H3,(H,22,24). The van der Waals surface area contributed by atoms with E-state index in [1.165, 1.54) is 16.7 Å². The van der Waals surface area contributed by atoms with Crippen molar-refractivity contribution in [3.63, 3.8) is 0 Å². The zero-order valence-electron chi connectivity index (χ0n) is 15.1. The molecule has 0 spiro atoms. The molecule has 0 heterocycles. The SMILES string of the molecule is Cc1ccccc1CCNC(=O)CNc1ccccc1C(C)(C)C. The van der Waals surface area contributed by atoms with Crippen LogP contribution in [-0.2, 0) is 16.6 Å². The Balaban J connectivity index is 1.83. The number of amides is 1. The molecule has 0 bridgehead atoms. The van der Waals surface area contributed by atoms with Gasteiger partial charge in [0.25, 0.3) is 0 Å². The molecule has 24 heavy (non-hydrogen) atoms. The monoisotopic (exact) mass is 324 g/mol. The molecule has 3 nitrogen and oxygen atoms in total. The van der Waals surface area contributed by atoms with Gasteiger partial charge in [-0.25, -0.2) is 0 Å². The van der Waals surface area contributed by atoms with Crippen LogP contribution >= 0.6 is 0 Å². The quantitative estimate of drug-likeness (QED) is 0.841. The molecule has 0 atom stereocenters. The highest BCUT2D eigenvalue weighted by Crippen LogP contribution is 2.28. The molecule has 0 saturated heterocycles. The Morgan fingerprint density at radius 3 is 2.38 bits per heavy atom. The molecule has 0 aliphatic heterocycles. The van der Waals surface area contributed by atoms with E-state index < -0.39 is 0 Å². The van der Waals surface area contributed by atoms with Crippen molar-refractivity contribution in [2.24, 2.45) is 0 Å². The number of nitrogens with one attached hydrogen (secondary N) is 2. The van der Waals surface area contributed by atoms with Crippen LogP contribution in [0.1, 0.15) is 37.5 Å². The van der Waals surface area contributed by atoms with Gasteiger partial charge in [0.05, 0.1) is 6.54 Å². The lowest BCUT2D eigenvalue weighted by Gasteiger charge is -2.23. The molecule has 1 amide bonds. The number of carbonyl (C=O) groups is 1. The predicted molar refractivity (Wildman–Crippen MR) is 102 cm³/mol. The van der Waals surface area contributed by atoms with Crippen LogP contribution < -0.4 is 10.6 Å². The van der Waals surface area contributed by atoms with E-state index in [0.717, 1.165) is 12.1 Å². The van der Waals surface area contributed by atoms with Gasteiger partial charge in [-0.2, -0.15) is 0 Å². The molecule has 0 radical (unpaired) electrons. The van der Waals surface area contributed by atoms with Crippen molar-refractivity contribution >= 4 is 11.6 Å². The number of aryl methyl sites for hydroxylation is 1. The minimum absolute atomic E-state index is 0.0206. The molecule has 0 saturated carbocycles. The Kier molecular flexibility index (Phi) is 6.02. The number of benzene rings is 2. The summed E-state index contributed by atoms with van der Waals surface area (Å²) in [5.74, 6) is 0.0206. The first-order valence-electron chi connectivity index (χ1n) is 8.52. The van der Waals surface area contributed by atoms with Crippen molar-refractivity contribution < 1.29 is 4.79 Å². The Morgan fingerprint density at radius 1 is 1.00 bits per heavy atom. The van der Waals surface area contributed by atoms with Gasteiger partial charge in [-0.1, -0.05) is 63.2 Å². The van der Waals surface area contributed by atoms with Crippen LogP contribution in [0.3, 0.4) is 0 Å². The molecule has 0 fully saturated rings.